The summed E-state index contributed by atoms with van der Waals surface area (Å²) in [7, 11) is 0. The fraction of sp³-hybridized carbons (Fsp3) is 0.615. The van der Waals surface area contributed by atoms with E-state index in [9.17, 15) is 4.79 Å². The Morgan fingerprint density at radius 2 is 2.07 bits per heavy atom. The van der Waals surface area contributed by atoms with Gasteiger partial charge in [0.15, 0.2) is 0 Å². The summed E-state index contributed by atoms with van der Waals surface area (Å²) in [5, 5.41) is 0. The Bertz CT molecular complexity index is 291. The zero-order valence-electron chi connectivity index (χ0n) is 9.88. The average Bonchev–Trinajstić information content (AvgIpc) is 2.62. The number of hydrogen-bond acceptors (Lipinski definition) is 2. The van der Waals surface area contributed by atoms with Crippen molar-refractivity contribution >= 4 is 5.78 Å². The molecule has 0 N–H and O–H groups in total. The largest absolute Gasteiger partial charge is 0.469 e. The molecule has 15 heavy (non-hydrogen) atoms. The summed E-state index contributed by atoms with van der Waals surface area (Å²) in [4.78, 5) is 11.5. The molecular formula is C13H20O2. The number of furan rings is 1. The second-order valence-corrected chi connectivity index (χ2v) is 5.18. The van der Waals surface area contributed by atoms with Crippen LogP contribution in [0.5, 0.6) is 0 Å². The topological polar surface area (TPSA) is 30.2 Å². The fourth-order valence-electron chi connectivity index (χ4n) is 1.36. The maximum Gasteiger partial charge on any atom is 0.133 e. The van der Waals surface area contributed by atoms with Crippen molar-refractivity contribution in [1.29, 1.82) is 0 Å². The molecule has 0 spiro atoms. The molecule has 2 heteroatoms. The van der Waals surface area contributed by atoms with Crippen LogP contribution in [0.4, 0.5) is 0 Å². The molecule has 1 aromatic heterocycles. The van der Waals surface area contributed by atoms with Gasteiger partial charge in [-0.2, -0.15) is 0 Å². The molecule has 84 valence electrons. The average molecular weight is 208 g/mol. The monoisotopic (exact) mass is 208 g/mol. The molecule has 0 aliphatic carbocycles. The van der Waals surface area contributed by atoms with Crippen LogP contribution < -0.4 is 0 Å². The van der Waals surface area contributed by atoms with Gasteiger partial charge < -0.3 is 4.42 Å². The van der Waals surface area contributed by atoms with Crippen LogP contribution in [0.1, 0.15) is 45.8 Å². The predicted molar refractivity (Wildman–Crippen MR) is 60.7 cm³/mol. The second kappa shape index (κ2) is 5.15. The van der Waals surface area contributed by atoms with E-state index >= 15 is 0 Å². The van der Waals surface area contributed by atoms with Crippen LogP contribution in [0.2, 0.25) is 0 Å². The van der Waals surface area contributed by atoms with Crippen molar-refractivity contribution in [1.82, 2.24) is 0 Å². The highest BCUT2D eigenvalue weighted by Gasteiger charge is 2.13. The van der Waals surface area contributed by atoms with Crippen LogP contribution in [0.15, 0.2) is 22.8 Å². The predicted octanol–water partition coefficient (Wildman–Crippen LogP) is 3.61. The van der Waals surface area contributed by atoms with Crippen molar-refractivity contribution in [3.05, 3.63) is 24.2 Å². The highest BCUT2D eigenvalue weighted by molar-refractivity contribution is 5.78. The van der Waals surface area contributed by atoms with Crippen molar-refractivity contribution < 1.29 is 9.21 Å². The molecule has 0 saturated heterocycles. The van der Waals surface area contributed by atoms with Gasteiger partial charge in [-0.1, -0.05) is 20.8 Å². The lowest BCUT2D eigenvalue weighted by atomic mass is 9.89. The van der Waals surface area contributed by atoms with Crippen molar-refractivity contribution in [2.24, 2.45) is 5.41 Å². The molecule has 2 nitrogen and oxygen atoms in total. The third-order valence-electron chi connectivity index (χ3n) is 2.38. The third-order valence-corrected chi connectivity index (χ3v) is 2.38. The van der Waals surface area contributed by atoms with Gasteiger partial charge in [-0.25, -0.2) is 0 Å². The second-order valence-electron chi connectivity index (χ2n) is 5.18. The standard InChI is InChI=1S/C13H20O2/c1-13(2,3)9-8-11(14)6-7-12-5-4-10-15-12/h4-5,10H,6-9H2,1-3H3. The van der Waals surface area contributed by atoms with Gasteiger partial charge in [0.2, 0.25) is 0 Å². The van der Waals surface area contributed by atoms with Crippen LogP contribution in [0.25, 0.3) is 0 Å². The first-order valence-electron chi connectivity index (χ1n) is 5.51. The van der Waals surface area contributed by atoms with Crippen molar-refractivity contribution in [3.8, 4) is 0 Å². The lowest BCUT2D eigenvalue weighted by molar-refractivity contribution is -0.119. The van der Waals surface area contributed by atoms with Crippen molar-refractivity contribution in [3.63, 3.8) is 0 Å². The minimum atomic E-state index is 0.250. The number of aryl methyl sites for hydroxylation is 1. The lowest BCUT2D eigenvalue weighted by Gasteiger charge is -2.16. The molecule has 1 heterocycles. The SMILES string of the molecule is CC(C)(C)CCC(=O)CCc1ccco1. The van der Waals surface area contributed by atoms with Crippen molar-refractivity contribution in [2.45, 2.75) is 46.5 Å². The van der Waals surface area contributed by atoms with E-state index in [1.165, 1.54) is 0 Å². The quantitative estimate of drug-likeness (QED) is 0.740. The third kappa shape index (κ3) is 5.40. The van der Waals surface area contributed by atoms with Gasteiger partial charge in [-0.3, -0.25) is 4.79 Å². The van der Waals surface area contributed by atoms with E-state index in [4.69, 9.17) is 4.42 Å². The Morgan fingerprint density at radius 3 is 2.60 bits per heavy atom. The van der Waals surface area contributed by atoms with E-state index in [1.54, 1.807) is 6.26 Å². The van der Waals surface area contributed by atoms with E-state index in [-0.39, 0.29) is 5.41 Å². The normalized spacial score (nSPS) is 11.7. The first-order chi connectivity index (χ1) is 6.97. The Hall–Kier alpha value is -1.05. The summed E-state index contributed by atoms with van der Waals surface area (Å²) in [6.07, 6.45) is 4.63. The van der Waals surface area contributed by atoms with Gasteiger partial charge in [0, 0.05) is 19.3 Å². The van der Waals surface area contributed by atoms with Gasteiger partial charge in [0.05, 0.1) is 6.26 Å². The van der Waals surface area contributed by atoms with Gasteiger partial charge in [0.25, 0.3) is 0 Å². The number of Topliss-reactive ketones (excluding diaryl/α,β-unsaturated/α-hetero) is 1. The molecule has 1 aromatic rings. The molecule has 0 atom stereocenters. The summed E-state index contributed by atoms with van der Waals surface area (Å²) in [5.41, 5.74) is 0.250. The molecule has 0 aliphatic rings. The molecule has 0 saturated carbocycles. The minimum absolute atomic E-state index is 0.250. The first kappa shape index (κ1) is 12.0. The van der Waals surface area contributed by atoms with E-state index in [0.717, 1.165) is 18.6 Å². The number of carbonyl (C=O) groups is 1. The van der Waals surface area contributed by atoms with E-state index in [0.29, 0.717) is 18.6 Å². The molecule has 0 amide bonds. The molecule has 0 radical (unpaired) electrons. The van der Waals surface area contributed by atoms with Crippen LogP contribution in [0, 0.1) is 5.41 Å². The molecule has 0 aliphatic heterocycles. The lowest BCUT2D eigenvalue weighted by Crippen LogP contribution is -2.09. The zero-order valence-corrected chi connectivity index (χ0v) is 9.88. The number of hydrogen-bond donors (Lipinski definition) is 0. The smallest absolute Gasteiger partial charge is 0.133 e. The van der Waals surface area contributed by atoms with Crippen LogP contribution in [0.3, 0.4) is 0 Å². The van der Waals surface area contributed by atoms with Gasteiger partial charge in [0.1, 0.15) is 11.5 Å². The van der Waals surface area contributed by atoms with Crippen molar-refractivity contribution in [2.75, 3.05) is 0 Å². The van der Waals surface area contributed by atoms with Gasteiger partial charge in [-0.15, -0.1) is 0 Å². The van der Waals surface area contributed by atoms with E-state index in [2.05, 4.69) is 20.8 Å². The molecule has 0 aromatic carbocycles. The van der Waals surface area contributed by atoms with Gasteiger partial charge >= 0.3 is 0 Å². The zero-order chi connectivity index (χ0) is 11.3. The summed E-state index contributed by atoms with van der Waals surface area (Å²) < 4.78 is 5.18. The maximum atomic E-state index is 11.5. The summed E-state index contributed by atoms with van der Waals surface area (Å²) in [5.74, 6) is 1.24. The molecule has 0 bridgehead atoms. The Balaban J connectivity index is 2.20. The molecular weight excluding hydrogens is 188 g/mol. The highest BCUT2D eigenvalue weighted by Crippen LogP contribution is 2.21. The van der Waals surface area contributed by atoms with Gasteiger partial charge in [-0.05, 0) is 24.0 Å². The van der Waals surface area contributed by atoms with E-state index in [1.807, 2.05) is 12.1 Å². The Labute approximate surface area is 91.7 Å². The number of carbonyl (C=O) groups excluding carboxylic acids is 1. The summed E-state index contributed by atoms with van der Waals surface area (Å²) >= 11 is 0. The van der Waals surface area contributed by atoms with Crippen LogP contribution in [-0.2, 0) is 11.2 Å². The number of rotatable bonds is 5. The fourth-order valence-corrected chi connectivity index (χ4v) is 1.36. The Morgan fingerprint density at radius 1 is 1.33 bits per heavy atom. The maximum absolute atomic E-state index is 11.5. The summed E-state index contributed by atoms with van der Waals surface area (Å²) in [6, 6.07) is 3.77. The minimum Gasteiger partial charge on any atom is -0.469 e. The summed E-state index contributed by atoms with van der Waals surface area (Å²) in [6.45, 7) is 6.48. The Kier molecular flexibility index (Phi) is 4.13. The highest BCUT2D eigenvalue weighted by atomic mass is 16.3. The van der Waals surface area contributed by atoms with E-state index < -0.39 is 0 Å². The molecule has 1 rings (SSSR count). The van der Waals surface area contributed by atoms with Crippen LogP contribution in [-0.4, -0.2) is 5.78 Å². The number of ketones is 1. The molecule has 0 unspecified atom stereocenters. The molecule has 0 fully saturated rings. The first-order valence-corrected chi connectivity index (χ1v) is 5.51. The van der Waals surface area contributed by atoms with Crippen LogP contribution >= 0.6 is 0 Å².